The molecule has 0 saturated carbocycles. The normalized spacial score (nSPS) is 21.1. The highest BCUT2D eigenvalue weighted by Crippen LogP contribution is 2.41. The molecule has 1 N–H and O–H groups in total. The van der Waals surface area contributed by atoms with Crippen molar-refractivity contribution in [3.8, 4) is 11.8 Å². The van der Waals surface area contributed by atoms with Crippen LogP contribution in [-0.2, 0) is 0 Å². The SMILES string of the molecule is CC1=C(/C=C/C(C)=C/C=C/C(C)=C/C#C/C=C(C)/C=C/C=C(\C=C\C2=C(C)CCCC2(C)C)CO)C(C)(C)CCC1. The molecule has 1 heteroatoms. The number of rotatable bonds is 9. The molecule has 220 valence electrons. The van der Waals surface area contributed by atoms with E-state index >= 15 is 0 Å². The molecule has 41 heavy (non-hydrogen) atoms. The molecule has 0 amide bonds. The second-order valence-corrected chi connectivity index (χ2v) is 13.1. The summed E-state index contributed by atoms with van der Waals surface area (Å²) >= 11 is 0. The first-order valence-electron chi connectivity index (χ1n) is 15.3. The topological polar surface area (TPSA) is 20.2 Å². The second kappa shape index (κ2) is 16.4. The largest absolute Gasteiger partial charge is 0.392 e. The predicted molar refractivity (Wildman–Crippen MR) is 181 cm³/mol. The third-order valence-electron chi connectivity index (χ3n) is 8.32. The van der Waals surface area contributed by atoms with Gasteiger partial charge in [0.2, 0.25) is 0 Å². The van der Waals surface area contributed by atoms with Crippen molar-refractivity contribution in [2.75, 3.05) is 6.61 Å². The lowest BCUT2D eigenvalue weighted by Gasteiger charge is -2.33. The van der Waals surface area contributed by atoms with Crippen LogP contribution >= 0.6 is 0 Å². The third-order valence-corrected chi connectivity index (χ3v) is 8.32. The van der Waals surface area contributed by atoms with Crippen molar-refractivity contribution in [2.24, 2.45) is 10.8 Å². The lowest BCUT2D eigenvalue weighted by Crippen LogP contribution is -2.19. The van der Waals surface area contributed by atoms with E-state index in [1.807, 2.05) is 37.3 Å². The van der Waals surface area contributed by atoms with E-state index in [0.717, 1.165) is 16.7 Å². The quantitative estimate of drug-likeness (QED) is 0.224. The van der Waals surface area contributed by atoms with E-state index in [-0.39, 0.29) is 17.4 Å². The first kappa shape index (κ1) is 34.1. The minimum Gasteiger partial charge on any atom is -0.392 e. The van der Waals surface area contributed by atoms with Crippen LogP contribution in [0.2, 0.25) is 0 Å². The smallest absolute Gasteiger partial charge is 0.0681 e. The summed E-state index contributed by atoms with van der Waals surface area (Å²) in [6.07, 6.45) is 32.4. The van der Waals surface area contributed by atoms with Crippen molar-refractivity contribution < 1.29 is 5.11 Å². The molecule has 0 aliphatic heterocycles. The van der Waals surface area contributed by atoms with E-state index in [2.05, 4.69) is 110 Å². The van der Waals surface area contributed by atoms with Crippen LogP contribution in [0.15, 0.2) is 117 Å². The van der Waals surface area contributed by atoms with Gasteiger partial charge in [-0.25, -0.2) is 0 Å². The molecular weight excluding hydrogens is 496 g/mol. The monoisotopic (exact) mass is 550 g/mol. The van der Waals surface area contributed by atoms with E-state index in [4.69, 9.17) is 0 Å². The fourth-order valence-electron chi connectivity index (χ4n) is 5.72. The average molecular weight is 551 g/mol. The Kier molecular flexibility index (Phi) is 13.6. The summed E-state index contributed by atoms with van der Waals surface area (Å²) in [5.74, 6) is 6.25. The molecule has 0 unspecified atom stereocenters. The van der Waals surface area contributed by atoms with Gasteiger partial charge in [-0.2, -0.15) is 0 Å². The van der Waals surface area contributed by atoms with Gasteiger partial charge in [0.25, 0.3) is 0 Å². The summed E-state index contributed by atoms with van der Waals surface area (Å²) in [6, 6.07) is 0. The molecule has 0 aromatic carbocycles. The highest BCUT2D eigenvalue weighted by Gasteiger charge is 2.27. The molecule has 0 fully saturated rings. The second-order valence-electron chi connectivity index (χ2n) is 13.1. The fourth-order valence-corrected chi connectivity index (χ4v) is 5.72. The first-order valence-corrected chi connectivity index (χ1v) is 15.3. The Morgan fingerprint density at radius 1 is 0.683 bits per heavy atom. The maximum absolute atomic E-state index is 9.82. The molecular formula is C40H54O. The van der Waals surface area contributed by atoms with E-state index in [9.17, 15) is 5.11 Å². The van der Waals surface area contributed by atoms with E-state index in [1.54, 1.807) is 0 Å². The Labute approximate surface area is 252 Å². The van der Waals surface area contributed by atoms with Crippen LogP contribution in [0, 0.1) is 22.7 Å². The summed E-state index contributed by atoms with van der Waals surface area (Å²) in [5.41, 5.74) is 10.7. The molecule has 2 aliphatic carbocycles. The van der Waals surface area contributed by atoms with Gasteiger partial charge in [-0.15, -0.1) is 0 Å². The molecule has 0 aromatic rings. The van der Waals surface area contributed by atoms with Gasteiger partial charge in [-0.1, -0.05) is 117 Å². The zero-order valence-corrected chi connectivity index (χ0v) is 27.3. The zero-order chi connectivity index (χ0) is 30.5. The molecule has 2 rings (SSSR count). The molecule has 2 aliphatic rings. The van der Waals surface area contributed by atoms with Crippen LogP contribution in [-0.4, -0.2) is 11.7 Å². The molecule has 0 saturated heterocycles. The van der Waals surface area contributed by atoms with Crippen molar-refractivity contribution >= 4 is 0 Å². The Balaban J connectivity index is 1.94. The summed E-state index contributed by atoms with van der Waals surface area (Å²) in [4.78, 5) is 0. The van der Waals surface area contributed by atoms with E-state index < -0.39 is 0 Å². The van der Waals surface area contributed by atoms with Crippen LogP contribution in [0.4, 0.5) is 0 Å². The van der Waals surface area contributed by atoms with Crippen LogP contribution < -0.4 is 0 Å². The maximum atomic E-state index is 9.82. The van der Waals surface area contributed by atoms with Crippen LogP contribution in [0.5, 0.6) is 0 Å². The summed E-state index contributed by atoms with van der Waals surface area (Å²) in [6.45, 7) is 20.1. The summed E-state index contributed by atoms with van der Waals surface area (Å²) < 4.78 is 0. The van der Waals surface area contributed by atoms with Crippen molar-refractivity contribution in [3.05, 3.63) is 117 Å². The van der Waals surface area contributed by atoms with Gasteiger partial charge in [-0.3, -0.25) is 0 Å². The van der Waals surface area contributed by atoms with Crippen LogP contribution in [0.25, 0.3) is 0 Å². The first-order chi connectivity index (χ1) is 19.4. The van der Waals surface area contributed by atoms with Gasteiger partial charge in [0.15, 0.2) is 0 Å². The highest BCUT2D eigenvalue weighted by atomic mass is 16.3. The molecule has 0 radical (unpaired) electrons. The van der Waals surface area contributed by atoms with Crippen molar-refractivity contribution in [2.45, 2.75) is 101 Å². The van der Waals surface area contributed by atoms with Gasteiger partial charge in [-0.05, 0) is 124 Å². The number of hydrogen-bond donors (Lipinski definition) is 1. The van der Waals surface area contributed by atoms with Crippen molar-refractivity contribution in [3.63, 3.8) is 0 Å². The molecule has 0 aromatic heterocycles. The molecule has 0 heterocycles. The standard InChI is InChI=1S/C40H54O/c1-31(18-12-19-33(3)24-26-37-34(4)21-14-28-39(37,6)7)16-10-11-17-32(2)20-13-23-36(30-41)25-27-38-35(5)22-15-29-40(38,8)9/h12-13,16-20,23-27,41H,14-15,21-22,28-30H2,1-9H3/b18-12+,20-13+,26-24+,27-25+,31-16+,32-17+,33-19+,36-23+. The van der Waals surface area contributed by atoms with Crippen LogP contribution in [0.1, 0.15) is 101 Å². The van der Waals surface area contributed by atoms with Crippen molar-refractivity contribution in [1.29, 1.82) is 0 Å². The average Bonchev–Trinajstić information content (AvgIpc) is 2.88. The zero-order valence-electron chi connectivity index (χ0n) is 27.3. The number of aliphatic hydroxyl groups excluding tert-OH is 1. The minimum absolute atomic E-state index is 0.0225. The summed E-state index contributed by atoms with van der Waals surface area (Å²) in [7, 11) is 0. The Hall–Kier alpha value is -3.08. The lowest BCUT2D eigenvalue weighted by molar-refractivity contribution is 0.335. The van der Waals surface area contributed by atoms with E-state index in [1.165, 1.54) is 66.4 Å². The minimum atomic E-state index is 0.0225. The molecule has 0 atom stereocenters. The van der Waals surface area contributed by atoms with Gasteiger partial charge >= 0.3 is 0 Å². The highest BCUT2D eigenvalue weighted by molar-refractivity contribution is 5.40. The third kappa shape index (κ3) is 11.7. The van der Waals surface area contributed by atoms with Crippen molar-refractivity contribution in [1.82, 2.24) is 0 Å². The lowest BCUT2D eigenvalue weighted by atomic mass is 9.72. The Morgan fingerprint density at radius 3 is 1.61 bits per heavy atom. The molecule has 0 spiro atoms. The Bertz CT molecular complexity index is 1290. The number of hydrogen-bond acceptors (Lipinski definition) is 1. The number of allylic oxidation sites excluding steroid dienone is 18. The Morgan fingerprint density at radius 2 is 1.15 bits per heavy atom. The van der Waals surface area contributed by atoms with Gasteiger partial charge < -0.3 is 5.11 Å². The molecule has 0 bridgehead atoms. The van der Waals surface area contributed by atoms with Gasteiger partial charge in [0.1, 0.15) is 0 Å². The van der Waals surface area contributed by atoms with E-state index in [0.29, 0.717) is 0 Å². The maximum Gasteiger partial charge on any atom is 0.0681 e. The predicted octanol–water partition coefficient (Wildman–Crippen LogP) is 11.0. The van der Waals surface area contributed by atoms with Crippen LogP contribution in [0.3, 0.4) is 0 Å². The van der Waals surface area contributed by atoms with Gasteiger partial charge in [0.05, 0.1) is 6.61 Å². The van der Waals surface area contributed by atoms with Gasteiger partial charge in [0, 0.05) is 0 Å². The number of aliphatic hydroxyl groups is 1. The summed E-state index contributed by atoms with van der Waals surface area (Å²) in [5, 5.41) is 9.82. The molecule has 1 nitrogen and oxygen atoms in total. The fraction of sp³-hybridized carbons (Fsp3) is 0.450.